The molecule has 0 radical (unpaired) electrons. The second-order valence-corrected chi connectivity index (χ2v) is 11.6. The topological polar surface area (TPSA) is 90.4 Å². The van der Waals surface area contributed by atoms with Gasteiger partial charge >= 0.3 is 5.97 Å². The van der Waals surface area contributed by atoms with E-state index in [1.807, 2.05) is 20.3 Å². The van der Waals surface area contributed by atoms with E-state index in [2.05, 4.69) is 44.0 Å². The van der Waals surface area contributed by atoms with Crippen molar-refractivity contribution < 1.29 is 14.7 Å². The fourth-order valence-corrected chi connectivity index (χ4v) is 7.15. The number of carboxylic acid groups (broad SMARTS) is 1. The number of para-hydroxylation sites is 1. The number of likely N-dealkylation sites (N-methyl/N-ethyl adjacent to an activating group) is 1. The molecule has 2 aromatic heterocycles. The van der Waals surface area contributed by atoms with Crippen LogP contribution >= 0.6 is 0 Å². The quantitative estimate of drug-likeness (QED) is 0.468. The van der Waals surface area contributed by atoms with Gasteiger partial charge in [0.1, 0.15) is 0 Å². The molecule has 0 spiro atoms. The highest BCUT2D eigenvalue weighted by Gasteiger charge is 2.39. The third kappa shape index (κ3) is 4.27. The van der Waals surface area contributed by atoms with Crippen LogP contribution in [0.5, 0.6) is 0 Å². The lowest BCUT2D eigenvalue weighted by Gasteiger charge is -2.33. The van der Waals surface area contributed by atoms with E-state index in [4.69, 9.17) is 0 Å². The van der Waals surface area contributed by atoms with Crippen LogP contribution in [-0.4, -0.2) is 58.6 Å². The van der Waals surface area contributed by atoms with E-state index >= 15 is 0 Å². The molecule has 2 aliphatic carbocycles. The number of carboxylic acids is 1. The number of nitrogens with zero attached hydrogens (tertiary/aromatic N) is 2. The van der Waals surface area contributed by atoms with Gasteiger partial charge in [-0.15, -0.1) is 0 Å². The van der Waals surface area contributed by atoms with Gasteiger partial charge in [0, 0.05) is 53.1 Å². The largest absolute Gasteiger partial charge is 0.478 e. The Kier molecular flexibility index (Phi) is 6.64. The van der Waals surface area contributed by atoms with Gasteiger partial charge in [0.25, 0.3) is 0 Å². The molecule has 3 heterocycles. The summed E-state index contributed by atoms with van der Waals surface area (Å²) in [6, 6.07) is 8.85. The summed E-state index contributed by atoms with van der Waals surface area (Å²) >= 11 is 0. The van der Waals surface area contributed by atoms with Crippen LogP contribution in [0.3, 0.4) is 0 Å². The Labute approximate surface area is 223 Å². The molecule has 38 heavy (non-hydrogen) atoms. The molecule has 1 unspecified atom stereocenters. The van der Waals surface area contributed by atoms with E-state index in [-0.39, 0.29) is 23.3 Å². The molecular formula is C31H38N4O3. The smallest absolute Gasteiger partial charge is 0.337 e. The third-order valence-corrected chi connectivity index (χ3v) is 8.95. The summed E-state index contributed by atoms with van der Waals surface area (Å²) in [5, 5.41) is 16.0. The van der Waals surface area contributed by atoms with E-state index in [1.165, 1.54) is 48.6 Å². The molecule has 1 aliphatic heterocycles. The number of hydrogen-bond acceptors (Lipinski definition) is 3. The maximum atomic E-state index is 13.6. The fourth-order valence-electron chi connectivity index (χ4n) is 7.15. The molecule has 0 bridgehead atoms. The molecule has 7 nitrogen and oxygen atoms in total. The van der Waals surface area contributed by atoms with Crippen molar-refractivity contribution in [1.82, 2.24) is 19.8 Å². The number of aromatic carboxylic acids is 1. The molecule has 3 aromatic rings. The van der Waals surface area contributed by atoms with Gasteiger partial charge in [0.15, 0.2) is 0 Å². The first-order valence-corrected chi connectivity index (χ1v) is 14.2. The summed E-state index contributed by atoms with van der Waals surface area (Å²) < 4.78 is 2.25. The Balaban J connectivity index is 1.57. The Hall–Kier alpha value is -3.32. The van der Waals surface area contributed by atoms with Crippen LogP contribution in [0.2, 0.25) is 0 Å². The summed E-state index contributed by atoms with van der Waals surface area (Å²) in [7, 11) is 4.02. The molecule has 7 heteroatoms. The summed E-state index contributed by atoms with van der Waals surface area (Å²) in [6.07, 6.45) is 12.4. The molecule has 3 aliphatic rings. The van der Waals surface area contributed by atoms with Gasteiger partial charge in [0.05, 0.1) is 17.0 Å². The number of aromatic amines is 1. The van der Waals surface area contributed by atoms with Crippen LogP contribution in [0.4, 0.5) is 0 Å². The van der Waals surface area contributed by atoms with E-state index in [1.54, 1.807) is 6.20 Å². The first kappa shape index (κ1) is 25.0. The van der Waals surface area contributed by atoms with Crippen molar-refractivity contribution in [3.8, 4) is 0 Å². The molecule has 0 saturated heterocycles. The highest BCUT2D eigenvalue weighted by atomic mass is 16.4. The van der Waals surface area contributed by atoms with Gasteiger partial charge < -0.3 is 24.9 Å². The molecule has 3 N–H and O–H groups in total. The number of hydrogen-bond donors (Lipinski definition) is 3. The van der Waals surface area contributed by atoms with Crippen molar-refractivity contribution in [2.45, 2.75) is 63.2 Å². The normalized spacial score (nSPS) is 21.4. The number of aromatic nitrogens is 2. The Morgan fingerprint density at radius 3 is 2.71 bits per heavy atom. The molecule has 200 valence electrons. The second-order valence-electron chi connectivity index (χ2n) is 11.6. The van der Waals surface area contributed by atoms with Gasteiger partial charge in [0.2, 0.25) is 5.91 Å². The summed E-state index contributed by atoms with van der Waals surface area (Å²) in [5.74, 6) is -0.637. The summed E-state index contributed by atoms with van der Waals surface area (Å²) in [5.41, 5.74) is 5.07. The van der Waals surface area contributed by atoms with Crippen LogP contribution in [-0.2, 0) is 4.79 Å². The highest BCUT2D eigenvalue weighted by Crippen LogP contribution is 2.46. The minimum Gasteiger partial charge on any atom is -0.478 e. The Morgan fingerprint density at radius 1 is 1.13 bits per heavy atom. The maximum Gasteiger partial charge on any atom is 0.337 e. The van der Waals surface area contributed by atoms with E-state index in [0.717, 1.165) is 47.6 Å². The zero-order valence-electron chi connectivity index (χ0n) is 22.4. The van der Waals surface area contributed by atoms with Crippen molar-refractivity contribution in [3.63, 3.8) is 0 Å². The second kappa shape index (κ2) is 10.1. The van der Waals surface area contributed by atoms with Crippen molar-refractivity contribution in [3.05, 3.63) is 57.9 Å². The van der Waals surface area contributed by atoms with E-state index in [9.17, 15) is 14.7 Å². The van der Waals surface area contributed by atoms with Gasteiger partial charge in [-0.1, -0.05) is 37.5 Å². The lowest BCUT2D eigenvalue weighted by Crippen LogP contribution is -2.41. The van der Waals surface area contributed by atoms with Crippen molar-refractivity contribution in [2.75, 3.05) is 27.2 Å². The Morgan fingerprint density at radius 2 is 1.95 bits per heavy atom. The van der Waals surface area contributed by atoms with Crippen LogP contribution in [0.25, 0.3) is 22.7 Å². The molecule has 6 rings (SSSR count). The number of benzene rings is 1. The van der Waals surface area contributed by atoms with E-state index in [0.29, 0.717) is 12.5 Å². The predicted molar refractivity (Wildman–Crippen MR) is 150 cm³/mol. The minimum atomic E-state index is -0.933. The number of nitrogens with one attached hydrogen (secondary N) is 2. The van der Waals surface area contributed by atoms with Gasteiger partial charge in [-0.25, -0.2) is 4.79 Å². The number of carbonyl (C=O) groups is 2. The van der Waals surface area contributed by atoms with Crippen LogP contribution in [0.15, 0.2) is 30.5 Å². The molecule has 1 amide bonds. The Bertz CT molecular complexity index is 1510. The number of fused-ring (bicyclic) bond motifs is 6. The van der Waals surface area contributed by atoms with Crippen molar-refractivity contribution >= 4 is 34.6 Å². The average molecular weight is 515 g/mol. The first-order valence-electron chi connectivity index (χ1n) is 14.2. The molecular weight excluding hydrogens is 476 g/mol. The van der Waals surface area contributed by atoms with Crippen molar-refractivity contribution in [1.29, 1.82) is 0 Å². The number of H-pyrrole nitrogens is 1. The van der Waals surface area contributed by atoms with Crippen LogP contribution in [0, 0.1) is 5.92 Å². The first-order chi connectivity index (χ1) is 18.4. The zero-order valence-corrected chi connectivity index (χ0v) is 22.4. The molecule has 1 aromatic carbocycles. The lowest BCUT2D eigenvalue weighted by molar-refractivity contribution is -0.125. The van der Waals surface area contributed by atoms with Gasteiger partial charge in [-0.05, 0) is 69.3 Å². The third-order valence-electron chi connectivity index (χ3n) is 8.95. The maximum absolute atomic E-state index is 13.6. The molecule has 2 fully saturated rings. The molecule has 2 saturated carbocycles. The highest BCUT2D eigenvalue weighted by molar-refractivity contribution is 5.92. The molecule has 2 atom stereocenters. The average Bonchev–Trinajstić information content (AvgIpc) is 3.47. The predicted octanol–water partition coefficient (Wildman–Crippen LogP) is 3.73. The zero-order chi connectivity index (χ0) is 26.4. The summed E-state index contributed by atoms with van der Waals surface area (Å²) in [6.45, 7) is 1.41. The lowest BCUT2D eigenvalue weighted by atomic mass is 9.73. The number of amides is 1. The van der Waals surface area contributed by atoms with Gasteiger partial charge in [-0.2, -0.15) is 0 Å². The number of rotatable bonds is 6. The van der Waals surface area contributed by atoms with E-state index < -0.39 is 5.97 Å². The van der Waals surface area contributed by atoms with Crippen molar-refractivity contribution in [2.24, 2.45) is 5.92 Å². The summed E-state index contributed by atoms with van der Waals surface area (Å²) in [4.78, 5) is 31.3. The number of carbonyl (C=O) groups excluding carboxylic acids is 1. The van der Waals surface area contributed by atoms with Crippen LogP contribution < -0.4 is 15.9 Å². The fraction of sp³-hybridized carbons (Fsp3) is 0.484. The monoisotopic (exact) mass is 514 g/mol. The SMILES string of the molecule is CN(C)CCNC(=O)C1CCCC2=c3[nH]cc(C(=O)O)c3=Cn3c(cc4cccc(C5CCCCC5)c43)[C@@H]21. The van der Waals surface area contributed by atoms with Crippen LogP contribution in [0.1, 0.15) is 84.8 Å². The van der Waals surface area contributed by atoms with Gasteiger partial charge in [-0.3, -0.25) is 4.79 Å². The standard InChI is InChI=1S/C31H38N4O3/c1-34(2)15-14-32-30(36)23-13-7-12-22-27(23)26-16-20-10-6-11-21(19-8-4-3-5-9-19)29(20)35(26)18-25-24(31(37)38)17-33-28(22)25/h6,10-11,16-19,23,27,33H,3-5,7-9,12-15H2,1-2H3,(H,32,36)(H,37,38)/t23?,27-/m0/s1. The minimum absolute atomic E-state index is 0.0897.